The van der Waals surface area contributed by atoms with Crippen LogP contribution in [0, 0.1) is 6.92 Å². The van der Waals surface area contributed by atoms with Crippen molar-refractivity contribution in [3.63, 3.8) is 0 Å². The topological polar surface area (TPSA) is 83.2 Å². The number of pyridine rings is 1. The van der Waals surface area contributed by atoms with Crippen molar-refractivity contribution in [2.45, 2.75) is 11.8 Å². The van der Waals surface area contributed by atoms with E-state index < -0.39 is 11.2 Å². The Balaban J connectivity index is 1.99. The standard InChI is InChI=1S/C19H19N3O4S/c1-11-9-20-17-15(18(24)22(3)19(25)21(17)2)16(11)27-10-14(23)12-5-7-13(26-4)8-6-12/h5-9H,10H2,1-4H3. The zero-order chi connectivity index (χ0) is 19.7. The van der Waals surface area contributed by atoms with E-state index in [1.54, 1.807) is 44.6 Å². The molecule has 0 radical (unpaired) electrons. The van der Waals surface area contributed by atoms with Crippen molar-refractivity contribution < 1.29 is 9.53 Å². The summed E-state index contributed by atoms with van der Waals surface area (Å²) in [5.41, 5.74) is 0.816. The third-order valence-electron chi connectivity index (χ3n) is 4.36. The lowest BCUT2D eigenvalue weighted by atomic mass is 10.1. The van der Waals surface area contributed by atoms with Crippen LogP contribution in [0.25, 0.3) is 11.0 Å². The Morgan fingerprint density at radius 1 is 1.15 bits per heavy atom. The van der Waals surface area contributed by atoms with E-state index in [0.717, 1.165) is 10.1 Å². The molecule has 0 aliphatic rings. The molecule has 27 heavy (non-hydrogen) atoms. The number of carbonyl (C=O) groups excluding carboxylic acids is 1. The van der Waals surface area contributed by atoms with E-state index >= 15 is 0 Å². The van der Waals surface area contributed by atoms with Crippen LogP contribution >= 0.6 is 11.8 Å². The number of hydrogen-bond donors (Lipinski definition) is 0. The van der Waals surface area contributed by atoms with Crippen LogP contribution in [0.15, 0.2) is 44.9 Å². The number of benzene rings is 1. The minimum absolute atomic E-state index is 0.0614. The largest absolute Gasteiger partial charge is 0.497 e. The van der Waals surface area contributed by atoms with Crippen LogP contribution in [0.3, 0.4) is 0 Å². The predicted molar refractivity (Wildman–Crippen MR) is 105 cm³/mol. The molecule has 0 bridgehead atoms. The molecule has 0 fully saturated rings. The average Bonchev–Trinajstić information content (AvgIpc) is 2.69. The highest BCUT2D eigenvalue weighted by molar-refractivity contribution is 8.00. The van der Waals surface area contributed by atoms with Gasteiger partial charge in [0.05, 0.1) is 18.2 Å². The van der Waals surface area contributed by atoms with Crippen molar-refractivity contribution in [1.29, 1.82) is 0 Å². The maximum absolute atomic E-state index is 12.7. The number of aromatic nitrogens is 3. The summed E-state index contributed by atoms with van der Waals surface area (Å²) in [5, 5.41) is 0.354. The van der Waals surface area contributed by atoms with Crippen molar-refractivity contribution in [1.82, 2.24) is 14.1 Å². The van der Waals surface area contributed by atoms with Crippen LogP contribution in [0.5, 0.6) is 5.75 Å². The lowest BCUT2D eigenvalue weighted by Crippen LogP contribution is -2.37. The van der Waals surface area contributed by atoms with Gasteiger partial charge in [-0.3, -0.25) is 18.7 Å². The number of ether oxygens (including phenoxy) is 1. The molecule has 0 saturated carbocycles. The first-order valence-corrected chi connectivity index (χ1v) is 9.19. The maximum Gasteiger partial charge on any atom is 0.332 e. The third-order valence-corrected chi connectivity index (χ3v) is 5.58. The zero-order valence-corrected chi connectivity index (χ0v) is 16.3. The Hall–Kier alpha value is -2.87. The third kappa shape index (κ3) is 3.40. The summed E-state index contributed by atoms with van der Waals surface area (Å²) in [5.74, 6) is 0.784. The minimum Gasteiger partial charge on any atom is -0.497 e. The molecule has 0 atom stereocenters. The molecule has 3 rings (SSSR count). The van der Waals surface area contributed by atoms with Crippen LogP contribution in [-0.4, -0.2) is 32.8 Å². The van der Waals surface area contributed by atoms with E-state index in [0.29, 0.717) is 27.2 Å². The highest BCUT2D eigenvalue weighted by Crippen LogP contribution is 2.28. The van der Waals surface area contributed by atoms with Crippen molar-refractivity contribution in [3.05, 3.63) is 62.4 Å². The molecule has 0 aliphatic heterocycles. The van der Waals surface area contributed by atoms with Gasteiger partial charge in [-0.1, -0.05) is 0 Å². The number of fused-ring (bicyclic) bond motifs is 1. The number of carbonyl (C=O) groups is 1. The van der Waals surface area contributed by atoms with Gasteiger partial charge in [-0.05, 0) is 36.8 Å². The Morgan fingerprint density at radius 2 is 1.81 bits per heavy atom. The number of aryl methyl sites for hydroxylation is 2. The van der Waals surface area contributed by atoms with Crippen LogP contribution in [-0.2, 0) is 14.1 Å². The first kappa shape index (κ1) is 18.9. The van der Waals surface area contributed by atoms with E-state index in [9.17, 15) is 14.4 Å². The van der Waals surface area contributed by atoms with Crippen molar-refractivity contribution in [3.8, 4) is 5.75 Å². The summed E-state index contributed by atoms with van der Waals surface area (Å²) < 4.78 is 7.49. The molecule has 8 heteroatoms. The summed E-state index contributed by atoms with van der Waals surface area (Å²) in [6.07, 6.45) is 1.61. The molecule has 1 aromatic carbocycles. The molecule has 0 saturated heterocycles. The summed E-state index contributed by atoms with van der Waals surface area (Å²) in [6, 6.07) is 6.89. The summed E-state index contributed by atoms with van der Waals surface area (Å²) in [4.78, 5) is 42.2. The van der Waals surface area contributed by atoms with Crippen LogP contribution in [0.4, 0.5) is 0 Å². The van der Waals surface area contributed by atoms with Gasteiger partial charge in [-0.25, -0.2) is 9.78 Å². The van der Waals surface area contributed by atoms with E-state index in [2.05, 4.69) is 4.98 Å². The van der Waals surface area contributed by atoms with Gasteiger partial charge in [0, 0.05) is 30.8 Å². The zero-order valence-electron chi connectivity index (χ0n) is 15.5. The second-order valence-corrected chi connectivity index (χ2v) is 7.10. The molecule has 2 heterocycles. The van der Waals surface area contributed by atoms with Crippen molar-refractivity contribution in [2.24, 2.45) is 14.1 Å². The van der Waals surface area contributed by atoms with E-state index in [1.165, 1.54) is 23.4 Å². The number of thioether (sulfide) groups is 1. The molecule has 0 amide bonds. The summed E-state index contributed by atoms with van der Waals surface area (Å²) in [6.45, 7) is 1.83. The molecular weight excluding hydrogens is 366 g/mol. The number of rotatable bonds is 5. The molecule has 0 aliphatic carbocycles. The van der Waals surface area contributed by atoms with Crippen molar-refractivity contribution >= 4 is 28.6 Å². The highest BCUT2D eigenvalue weighted by atomic mass is 32.2. The first-order valence-electron chi connectivity index (χ1n) is 8.20. The predicted octanol–water partition coefficient (Wildman–Crippen LogP) is 1.92. The van der Waals surface area contributed by atoms with Crippen LogP contribution in [0.1, 0.15) is 15.9 Å². The monoisotopic (exact) mass is 385 g/mol. The normalized spacial score (nSPS) is 11.0. The molecule has 140 valence electrons. The van der Waals surface area contributed by atoms with Gasteiger partial charge >= 0.3 is 5.69 Å². The number of nitrogens with zero attached hydrogens (tertiary/aromatic N) is 3. The lowest BCUT2D eigenvalue weighted by molar-refractivity contribution is 0.102. The highest BCUT2D eigenvalue weighted by Gasteiger charge is 2.17. The molecule has 0 spiro atoms. The van der Waals surface area contributed by atoms with Gasteiger partial charge in [0.1, 0.15) is 11.4 Å². The second kappa shape index (κ2) is 7.40. The quantitative estimate of drug-likeness (QED) is 0.493. The first-order chi connectivity index (χ1) is 12.8. The molecule has 0 unspecified atom stereocenters. The fourth-order valence-electron chi connectivity index (χ4n) is 2.78. The molecule has 7 nitrogen and oxygen atoms in total. The van der Waals surface area contributed by atoms with E-state index in [4.69, 9.17) is 4.74 Å². The number of Topliss-reactive ketones (excluding diaryl/α,β-unsaturated/α-hetero) is 1. The average molecular weight is 385 g/mol. The van der Waals surface area contributed by atoms with Gasteiger partial charge in [0.15, 0.2) is 5.78 Å². The van der Waals surface area contributed by atoms with E-state index in [1.807, 2.05) is 6.92 Å². The number of hydrogen-bond acceptors (Lipinski definition) is 6. The van der Waals surface area contributed by atoms with Gasteiger partial charge < -0.3 is 4.74 Å². The summed E-state index contributed by atoms with van der Waals surface area (Å²) >= 11 is 1.28. The van der Waals surface area contributed by atoms with Gasteiger partial charge in [-0.2, -0.15) is 0 Å². The molecular formula is C19H19N3O4S. The van der Waals surface area contributed by atoms with Crippen LogP contribution < -0.4 is 16.0 Å². The van der Waals surface area contributed by atoms with Gasteiger partial charge in [0.2, 0.25) is 0 Å². The lowest BCUT2D eigenvalue weighted by Gasteiger charge is -2.12. The Morgan fingerprint density at radius 3 is 2.44 bits per heavy atom. The Bertz CT molecular complexity index is 1150. The molecule has 0 N–H and O–H groups in total. The number of ketones is 1. The Labute approximate surface area is 159 Å². The second-order valence-electron chi connectivity index (χ2n) is 6.12. The minimum atomic E-state index is -0.436. The van der Waals surface area contributed by atoms with Crippen LogP contribution in [0.2, 0.25) is 0 Å². The summed E-state index contributed by atoms with van der Waals surface area (Å²) in [7, 11) is 4.57. The van der Waals surface area contributed by atoms with Gasteiger partial charge in [-0.15, -0.1) is 11.8 Å². The maximum atomic E-state index is 12.7. The van der Waals surface area contributed by atoms with E-state index in [-0.39, 0.29) is 11.5 Å². The Kier molecular flexibility index (Phi) is 5.18. The molecule has 2 aromatic heterocycles. The fourth-order valence-corrected chi connectivity index (χ4v) is 3.83. The smallest absolute Gasteiger partial charge is 0.332 e. The molecule has 3 aromatic rings. The van der Waals surface area contributed by atoms with Gasteiger partial charge in [0.25, 0.3) is 5.56 Å². The SMILES string of the molecule is COc1ccc(C(=O)CSc2c(C)cnc3c2c(=O)n(C)c(=O)n3C)cc1. The van der Waals surface area contributed by atoms with Crippen molar-refractivity contribution in [2.75, 3.05) is 12.9 Å². The number of methoxy groups -OCH3 is 1. The fraction of sp³-hybridized carbons (Fsp3) is 0.263.